The summed E-state index contributed by atoms with van der Waals surface area (Å²) in [5.74, 6) is -1.12. The summed E-state index contributed by atoms with van der Waals surface area (Å²) in [4.78, 5) is 17.4. The molecule has 0 bridgehead atoms. The molecule has 2 aliphatic rings. The van der Waals surface area contributed by atoms with E-state index in [-0.39, 0.29) is 23.8 Å². The van der Waals surface area contributed by atoms with Gasteiger partial charge in [-0.1, -0.05) is 35.3 Å². The maximum absolute atomic E-state index is 15.1. The lowest BCUT2D eigenvalue weighted by Gasteiger charge is -2.41. The van der Waals surface area contributed by atoms with E-state index in [4.69, 9.17) is 23.2 Å². The van der Waals surface area contributed by atoms with Crippen LogP contribution in [-0.2, 0) is 11.2 Å². The molecule has 3 aromatic carbocycles. The molecule has 7 heteroatoms. The maximum Gasteiger partial charge on any atom is 0.231 e. The van der Waals surface area contributed by atoms with Crippen molar-refractivity contribution in [2.45, 2.75) is 57.9 Å². The summed E-state index contributed by atoms with van der Waals surface area (Å²) < 4.78 is 28.9. The average molecular weight is 543 g/mol. The minimum atomic E-state index is -0.625. The lowest BCUT2D eigenvalue weighted by Crippen LogP contribution is -2.45. The van der Waals surface area contributed by atoms with E-state index in [9.17, 15) is 9.18 Å². The van der Waals surface area contributed by atoms with Crippen molar-refractivity contribution >= 4 is 40.5 Å². The summed E-state index contributed by atoms with van der Waals surface area (Å²) in [5, 5.41) is 0.735. The smallest absolute Gasteiger partial charge is 0.231 e. The molecule has 0 radical (unpaired) electrons. The molecule has 0 aliphatic carbocycles. The zero-order valence-electron chi connectivity index (χ0n) is 21.3. The Kier molecular flexibility index (Phi) is 7.08. The lowest BCUT2D eigenvalue weighted by molar-refractivity contribution is -0.118. The van der Waals surface area contributed by atoms with Crippen LogP contribution < -0.4 is 4.90 Å². The third-order valence-electron chi connectivity index (χ3n) is 7.63. The highest BCUT2D eigenvalue weighted by Crippen LogP contribution is 2.47. The van der Waals surface area contributed by atoms with Crippen molar-refractivity contribution in [2.24, 2.45) is 0 Å². The zero-order valence-corrected chi connectivity index (χ0v) is 22.8. The van der Waals surface area contributed by atoms with Crippen LogP contribution in [0.5, 0.6) is 0 Å². The Bertz CT molecular complexity index is 1340. The number of carbonyl (C=O) groups is 1. The van der Waals surface area contributed by atoms with Gasteiger partial charge in [0.1, 0.15) is 11.6 Å². The second-order valence-corrected chi connectivity index (χ2v) is 11.7. The second-order valence-electron chi connectivity index (χ2n) is 10.9. The molecule has 1 saturated heterocycles. The number of rotatable bonds is 3. The second kappa shape index (κ2) is 10.0. The highest BCUT2D eigenvalue weighted by Gasteiger charge is 2.34. The Labute approximate surface area is 227 Å². The minimum Gasteiger partial charge on any atom is -0.298 e. The van der Waals surface area contributed by atoms with Crippen LogP contribution in [0.4, 0.5) is 20.2 Å². The van der Waals surface area contributed by atoms with Gasteiger partial charge in [0.25, 0.3) is 0 Å². The molecule has 5 rings (SSSR count). The normalized spacial score (nSPS) is 17.3. The molecule has 194 valence electrons. The molecule has 2 aliphatic heterocycles. The van der Waals surface area contributed by atoms with Gasteiger partial charge in [-0.05, 0) is 106 Å². The Hall–Kier alpha value is -2.47. The Morgan fingerprint density at radius 3 is 2.19 bits per heavy atom. The van der Waals surface area contributed by atoms with Gasteiger partial charge in [-0.2, -0.15) is 0 Å². The molecular weight excluding hydrogens is 513 g/mol. The van der Waals surface area contributed by atoms with Crippen LogP contribution >= 0.6 is 23.2 Å². The number of hydrogen-bond donors (Lipinski definition) is 0. The number of piperidine rings is 1. The predicted octanol–water partition coefficient (Wildman–Crippen LogP) is 8.53. The Morgan fingerprint density at radius 1 is 0.892 bits per heavy atom. The van der Waals surface area contributed by atoms with E-state index < -0.39 is 11.6 Å². The Morgan fingerprint density at radius 2 is 1.57 bits per heavy atom. The molecule has 0 atom stereocenters. The molecule has 1 amide bonds. The first-order chi connectivity index (χ1) is 17.5. The van der Waals surface area contributed by atoms with Gasteiger partial charge in [-0.25, -0.2) is 8.78 Å². The molecule has 1 fully saturated rings. The van der Waals surface area contributed by atoms with Crippen molar-refractivity contribution in [2.75, 3.05) is 18.0 Å². The molecule has 37 heavy (non-hydrogen) atoms. The predicted molar refractivity (Wildman–Crippen MR) is 147 cm³/mol. The number of amides is 1. The highest BCUT2D eigenvalue weighted by atomic mass is 35.5. The number of fused-ring (bicyclic) bond motifs is 1. The molecule has 0 aromatic heterocycles. The number of likely N-dealkylation sites (tertiary alicyclic amines) is 1. The third kappa shape index (κ3) is 5.01. The van der Waals surface area contributed by atoms with Gasteiger partial charge in [-0.15, -0.1) is 0 Å². The molecule has 0 saturated carbocycles. The van der Waals surface area contributed by atoms with Gasteiger partial charge in [0.15, 0.2) is 0 Å². The first-order valence-corrected chi connectivity index (χ1v) is 13.4. The van der Waals surface area contributed by atoms with E-state index in [0.29, 0.717) is 39.0 Å². The molecule has 2 heterocycles. The van der Waals surface area contributed by atoms with Crippen LogP contribution in [0, 0.1) is 11.6 Å². The van der Waals surface area contributed by atoms with Gasteiger partial charge in [-0.3, -0.25) is 14.6 Å². The van der Waals surface area contributed by atoms with E-state index >= 15 is 4.39 Å². The number of carbonyl (C=O) groups excluding carboxylic acids is 1. The molecule has 0 unspecified atom stereocenters. The first kappa shape index (κ1) is 26.1. The van der Waals surface area contributed by atoms with E-state index in [1.807, 2.05) is 12.1 Å². The minimum absolute atomic E-state index is 0.0905. The van der Waals surface area contributed by atoms with Crippen molar-refractivity contribution in [3.05, 3.63) is 81.3 Å². The van der Waals surface area contributed by atoms with E-state index in [2.05, 4.69) is 25.7 Å². The van der Waals surface area contributed by atoms with Crippen molar-refractivity contribution in [1.82, 2.24) is 4.90 Å². The summed E-state index contributed by atoms with van der Waals surface area (Å²) in [6.45, 7) is 8.56. The molecule has 0 spiro atoms. The van der Waals surface area contributed by atoms with Crippen molar-refractivity contribution in [3.8, 4) is 11.1 Å². The zero-order chi connectivity index (χ0) is 26.5. The first-order valence-electron chi connectivity index (χ1n) is 12.7. The molecule has 3 nitrogen and oxygen atoms in total. The fourth-order valence-corrected chi connectivity index (χ4v) is 6.20. The topological polar surface area (TPSA) is 23.6 Å². The van der Waals surface area contributed by atoms with Crippen LogP contribution in [-0.4, -0.2) is 29.4 Å². The van der Waals surface area contributed by atoms with Gasteiger partial charge in [0.05, 0.1) is 21.4 Å². The van der Waals surface area contributed by atoms with Crippen molar-refractivity contribution in [1.29, 1.82) is 0 Å². The van der Waals surface area contributed by atoms with Gasteiger partial charge in [0, 0.05) is 23.6 Å². The van der Waals surface area contributed by atoms with Crippen molar-refractivity contribution in [3.63, 3.8) is 0 Å². The van der Waals surface area contributed by atoms with Crippen LogP contribution in [0.15, 0.2) is 48.5 Å². The summed E-state index contributed by atoms with van der Waals surface area (Å²) in [6, 6.07) is 12.9. The van der Waals surface area contributed by atoms with Crippen LogP contribution in [0.3, 0.4) is 0 Å². The maximum atomic E-state index is 15.1. The number of para-hydroxylation sites is 1. The van der Waals surface area contributed by atoms with Crippen LogP contribution in [0.1, 0.15) is 57.1 Å². The monoisotopic (exact) mass is 542 g/mol. The summed E-state index contributed by atoms with van der Waals surface area (Å²) >= 11 is 13.1. The molecule has 3 aromatic rings. The molecular formula is C30H30Cl2F2N2O. The summed E-state index contributed by atoms with van der Waals surface area (Å²) in [7, 11) is 0. The van der Waals surface area contributed by atoms with E-state index in [0.717, 1.165) is 43.1 Å². The standard InChI is InChI=1S/C30H30Cl2F2N2O/c1-30(2,3)35-13-11-18(12-14-35)19-15-23(21-8-7-20(33)17-26(21)34)22-9-10-28(37)36(27(22)16-19)29-24(31)5-4-6-25(29)32/h4-8,15-18H,9-14H2,1-3H3. The number of hydrogen-bond acceptors (Lipinski definition) is 2. The number of nitrogens with zero attached hydrogens (tertiary/aromatic N) is 2. The van der Waals surface area contributed by atoms with Gasteiger partial charge < -0.3 is 0 Å². The number of benzene rings is 3. The highest BCUT2D eigenvalue weighted by molar-refractivity contribution is 6.40. The number of halogens is 4. The largest absolute Gasteiger partial charge is 0.298 e. The SMILES string of the molecule is CC(C)(C)N1CCC(c2cc(-c3ccc(F)cc3F)c3c(c2)N(c2c(Cl)cccc2Cl)C(=O)CC3)CC1. The van der Waals surface area contributed by atoms with Crippen molar-refractivity contribution < 1.29 is 13.6 Å². The van der Waals surface area contributed by atoms with Crippen LogP contribution in [0.25, 0.3) is 11.1 Å². The van der Waals surface area contributed by atoms with Gasteiger partial charge >= 0.3 is 0 Å². The Balaban J connectivity index is 1.68. The third-order valence-corrected chi connectivity index (χ3v) is 8.24. The molecule has 0 N–H and O–H groups in total. The van der Waals surface area contributed by atoms with Crippen LogP contribution in [0.2, 0.25) is 10.0 Å². The van der Waals surface area contributed by atoms with E-state index in [1.165, 1.54) is 12.1 Å². The number of anilines is 2. The van der Waals surface area contributed by atoms with E-state index in [1.54, 1.807) is 23.1 Å². The fourth-order valence-electron chi connectivity index (χ4n) is 5.63. The summed E-state index contributed by atoms with van der Waals surface area (Å²) in [6.07, 6.45) is 2.57. The fraction of sp³-hybridized carbons (Fsp3) is 0.367. The lowest BCUT2D eigenvalue weighted by atomic mass is 9.82. The summed E-state index contributed by atoms with van der Waals surface area (Å²) in [5.41, 5.74) is 4.07. The van der Waals surface area contributed by atoms with Gasteiger partial charge in [0.2, 0.25) is 5.91 Å². The average Bonchev–Trinajstić information content (AvgIpc) is 2.84. The quantitative estimate of drug-likeness (QED) is 0.331.